The van der Waals surface area contributed by atoms with Crippen LogP contribution in [-0.4, -0.2) is 43.4 Å². The highest BCUT2D eigenvalue weighted by Gasteiger charge is 2.34. The van der Waals surface area contributed by atoms with Gasteiger partial charge in [-0.1, -0.05) is 184 Å². The third kappa shape index (κ3) is 26.4. The second kappa shape index (κ2) is 34.7. The zero-order valence-electron chi connectivity index (χ0n) is 33.4. The summed E-state index contributed by atoms with van der Waals surface area (Å²) in [5, 5.41) is 0. The Morgan fingerprint density at radius 2 is 0.800 bits per heavy atom. The second-order valence-electron chi connectivity index (χ2n) is 15.4. The van der Waals surface area contributed by atoms with Crippen LogP contribution in [0.15, 0.2) is 54.6 Å². The number of hydrogen-bond acceptors (Lipinski definition) is 3. The summed E-state index contributed by atoms with van der Waals surface area (Å²) in [6, 6.07) is 10.9. The number of allylic oxidation sites excluding steroid dienone is 4. The van der Waals surface area contributed by atoms with Gasteiger partial charge in [0.1, 0.15) is 0 Å². The van der Waals surface area contributed by atoms with Gasteiger partial charge < -0.3 is 9.47 Å². The molecule has 1 aliphatic heterocycles. The molecule has 0 bridgehead atoms. The van der Waals surface area contributed by atoms with Gasteiger partial charge in [0.25, 0.3) is 0 Å². The number of hydrogen-bond donors (Lipinski definition) is 0. The maximum absolute atomic E-state index is 6.50. The van der Waals surface area contributed by atoms with Crippen molar-refractivity contribution in [2.45, 2.75) is 212 Å². The minimum atomic E-state index is 0.205. The largest absolute Gasteiger partial charge is 0.374 e. The predicted molar refractivity (Wildman–Crippen MR) is 220 cm³/mol. The van der Waals surface area contributed by atoms with Crippen molar-refractivity contribution in [2.24, 2.45) is 0 Å². The molecule has 3 heteroatoms. The van der Waals surface area contributed by atoms with Crippen LogP contribution in [0.25, 0.3) is 0 Å². The number of likely N-dealkylation sites (tertiary alicyclic amines) is 1. The van der Waals surface area contributed by atoms with Crippen LogP contribution in [0.1, 0.15) is 199 Å². The van der Waals surface area contributed by atoms with Crippen molar-refractivity contribution in [3.05, 3.63) is 60.2 Å². The molecule has 0 N–H and O–H groups in total. The molecular weight excluding hydrogens is 611 g/mol. The van der Waals surface area contributed by atoms with Crippen LogP contribution in [0.5, 0.6) is 0 Å². The summed E-state index contributed by atoms with van der Waals surface area (Å²) < 4.78 is 13.0. The summed E-state index contributed by atoms with van der Waals surface area (Å²) in [5.41, 5.74) is 1.38. The van der Waals surface area contributed by atoms with E-state index >= 15 is 0 Å². The zero-order chi connectivity index (χ0) is 35.4. The number of unbranched alkanes of at least 4 members (excludes halogenated alkanes) is 24. The molecule has 50 heavy (non-hydrogen) atoms. The Labute approximate surface area is 312 Å². The van der Waals surface area contributed by atoms with E-state index in [0.29, 0.717) is 0 Å². The predicted octanol–water partition coefficient (Wildman–Crippen LogP) is 14.3. The van der Waals surface area contributed by atoms with Gasteiger partial charge in [0.15, 0.2) is 0 Å². The lowest BCUT2D eigenvalue weighted by atomic mass is 10.1. The van der Waals surface area contributed by atoms with Crippen molar-refractivity contribution in [1.29, 1.82) is 0 Å². The lowest BCUT2D eigenvalue weighted by Gasteiger charge is -2.20. The summed E-state index contributed by atoms with van der Waals surface area (Å²) in [5.74, 6) is 0. The summed E-state index contributed by atoms with van der Waals surface area (Å²) in [6.07, 6.45) is 47.7. The van der Waals surface area contributed by atoms with Crippen molar-refractivity contribution in [1.82, 2.24) is 4.90 Å². The Kier molecular flexibility index (Phi) is 31.0. The SMILES string of the molecule is CCCCCCCCC=CCCCCCCCCOC1CN(Cc2ccccc2)C[C@H]1OCCCCCCCCC=CCCCCCCCC. The fourth-order valence-electron chi connectivity index (χ4n) is 7.28. The van der Waals surface area contributed by atoms with E-state index in [1.165, 1.54) is 185 Å². The smallest absolute Gasteiger partial charge is 0.0975 e. The van der Waals surface area contributed by atoms with Gasteiger partial charge in [-0.15, -0.1) is 0 Å². The minimum Gasteiger partial charge on any atom is -0.374 e. The van der Waals surface area contributed by atoms with Crippen molar-refractivity contribution in [3.8, 4) is 0 Å². The third-order valence-electron chi connectivity index (χ3n) is 10.5. The molecule has 2 atom stereocenters. The van der Waals surface area contributed by atoms with Gasteiger partial charge in [-0.05, 0) is 69.8 Å². The van der Waals surface area contributed by atoms with Crippen LogP contribution in [0.3, 0.4) is 0 Å². The molecule has 0 aromatic heterocycles. The van der Waals surface area contributed by atoms with Crippen LogP contribution in [0.2, 0.25) is 0 Å². The molecule has 1 heterocycles. The van der Waals surface area contributed by atoms with Crippen LogP contribution in [0.4, 0.5) is 0 Å². The number of rotatable bonds is 36. The molecule has 1 aliphatic rings. The first-order chi connectivity index (χ1) is 24.8. The Hall–Kier alpha value is -1.42. The van der Waals surface area contributed by atoms with E-state index in [-0.39, 0.29) is 12.2 Å². The van der Waals surface area contributed by atoms with Crippen LogP contribution < -0.4 is 0 Å². The van der Waals surface area contributed by atoms with E-state index < -0.39 is 0 Å². The molecule has 3 nitrogen and oxygen atoms in total. The maximum atomic E-state index is 6.50. The number of nitrogens with zero attached hydrogens (tertiary/aromatic N) is 1. The lowest BCUT2D eigenvalue weighted by molar-refractivity contribution is -0.0481. The Morgan fingerprint density at radius 1 is 0.460 bits per heavy atom. The topological polar surface area (TPSA) is 21.7 Å². The molecule has 1 saturated heterocycles. The summed E-state index contributed by atoms with van der Waals surface area (Å²) in [6.45, 7) is 9.29. The zero-order valence-corrected chi connectivity index (χ0v) is 33.4. The summed E-state index contributed by atoms with van der Waals surface area (Å²) in [7, 11) is 0. The molecule has 1 unspecified atom stereocenters. The molecule has 0 saturated carbocycles. The molecule has 0 aliphatic carbocycles. The molecule has 1 aromatic carbocycles. The average molecular weight is 694 g/mol. The molecular formula is C47H83NO2. The Balaban J connectivity index is 1.49. The van der Waals surface area contributed by atoms with Crippen LogP contribution >= 0.6 is 0 Å². The van der Waals surface area contributed by atoms with Crippen LogP contribution in [0, 0.1) is 0 Å². The standard InChI is InChI=1S/C47H83NO2/c1-3-5-7-9-11-13-15-17-19-21-23-25-27-29-31-36-40-49-46-43-48(42-45-38-34-33-35-39-45)44-47(46)50-41-37-32-30-28-26-24-22-20-18-16-14-12-10-8-6-4-2/h17-20,33-35,38-39,46-47H,3-16,21-32,36-37,40-44H2,1-2H3/t46-,47?/m1/s1. The quantitative estimate of drug-likeness (QED) is 0.0516. The van der Waals surface area contributed by atoms with E-state index in [2.05, 4.69) is 73.4 Å². The van der Waals surface area contributed by atoms with E-state index in [0.717, 1.165) is 32.8 Å². The second-order valence-corrected chi connectivity index (χ2v) is 15.4. The van der Waals surface area contributed by atoms with E-state index in [1.54, 1.807) is 0 Å². The van der Waals surface area contributed by atoms with Gasteiger partial charge in [0, 0.05) is 32.8 Å². The third-order valence-corrected chi connectivity index (χ3v) is 10.5. The van der Waals surface area contributed by atoms with Gasteiger partial charge in [0.2, 0.25) is 0 Å². The van der Waals surface area contributed by atoms with Gasteiger partial charge in [0.05, 0.1) is 12.2 Å². The average Bonchev–Trinajstić information content (AvgIpc) is 3.51. The summed E-state index contributed by atoms with van der Waals surface area (Å²) in [4.78, 5) is 2.54. The maximum Gasteiger partial charge on any atom is 0.0975 e. The molecule has 0 spiro atoms. The summed E-state index contributed by atoms with van der Waals surface area (Å²) >= 11 is 0. The lowest BCUT2D eigenvalue weighted by Crippen LogP contribution is -2.30. The van der Waals surface area contributed by atoms with E-state index in [1.807, 2.05) is 0 Å². The van der Waals surface area contributed by atoms with Crippen LogP contribution in [-0.2, 0) is 16.0 Å². The van der Waals surface area contributed by atoms with Gasteiger partial charge >= 0.3 is 0 Å². The highest BCUT2D eigenvalue weighted by atomic mass is 16.5. The van der Waals surface area contributed by atoms with Crippen molar-refractivity contribution in [2.75, 3.05) is 26.3 Å². The van der Waals surface area contributed by atoms with E-state index in [9.17, 15) is 0 Å². The highest BCUT2D eigenvalue weighted by molar-refractivity contribution is 5.14. The first-order valence-electron chi connectivity index (χ1n) is 22.1. The fourth-order valence-corrected chi connectivity index (χ4v) is 7.28. The molecule has 288 valence electrons. The molecule has 2 rings (SSSR count). The Bertz CT molecular complexity index is 830. The van der Waals surface area contributed by atoms with Gasteiger partial charge in [-0.2, -0.15) is 0 Å². The van der Waals surface area contributed by atoms with Gasteiger partial charge in [-0.25, -0.2) is 0 Å². The van der Waals surface area contributed by atoms with E-state index in [4.69, 9.17) is 9.47 Å². The monoisotopic (exact) mass is 694 g/mol. The molecule has 0 radical (unpaired) electrons. The highest BCUT2D eigenvalue weighted by Crippen LogP contribution is 2.21. The normalized spacial score (nSPS) is 16.8. The van der Waals surface area contributed by atoms with Crippen molar-refractivity contribution < 1.29 is 9.47 Å². The van der Waals surface area contributed by atoms with Crippen molar-refractivity contribution >= 4 is 0 Å². The van der Waals surface area contributed by atoms with Gasteiger partial charge in [-0.3, -0.25) is 4.90 Å². The first kappa shape index (κ1) is 44.7. The Morgan fingerprint density at radius 3 is 1.18 bits per heavy atom. The molecule has 0 amide bonds. The molecule has 1 aromatic rings. The van der Waals surface area contributed by atoms with Crippen molar-refractivity contribution in [3.63, 3.8) is 0 Å². The minimum absolute atomic E-state index is 0.205. The molecule has 1 fully saturated rings. The number of benzene rings is 1. The number of ether oxygens (including phenoxy) is 2. The first-order valence-corrected chi connectivity index (χ1v) is 22.1. The fraction of sp³-hybridized carbons (Fsp3) is 0.787.